The minimum atomic E-state index is -0.0856. The van der Waals surface area contributed by atoms with Gasteiger partial charge in [0.15, 0.2) is 0 Å². The predicted molar refractivity (Wildman–Crippen MR) is 44.3 cm³/mol. The molecule has 1 aliphatic heterocycles. The largest absolute Gasteiger partial charge is 0.369 e. The molecule has 1 aromatic rings. The SMILES string of the molecule is Nc1nc2c(c(=O)[nH]1)CSC2. The summed E-state index contributed by atoms with van der Waals surface area (Å²) in [5.74, 6) is 1.79. The fraction of sp³-hybridized carbons (Fsp3) is 0.333. The second-order valence-corrected chi connectivity index (χ2v) is 3.35. The maximum Gasteiger partial charge on any atom is 0.256 e. The van der Waals surface area contributed by atoms with E-state index in [0.717, 1.165) is 22.8 Å². The van der Waals surface area contributed by atoms with E-state index in [1.165, 1.54) is 0 Å². The third-order valence-corrected chi connectivity index (χ3v) is 2.57. The Morgan fingerprint density at radius 2 is 2.36 bits per heavy atom. The Bertz CT molecular complexity index is 346. The highest BCUT2D eigenvalue weighted by Crippen LogP contribution is 2.25. The molecular weight excluding hydrogens is 162 g/mol. The van der Waals surface area contributed by atoms with Gasteiger partial charge >= 0.3 is 0 Å². The molecule has 0 radical (unpaired) electrons. The van der Waals surface area contributed by atoms with Gasteiger partial charge < -0.3 is 5.73 Å². The number of nitrogens with two attached hydrogens (primary N) is 1. The van der Waals surface area contributed by atoms with Crippen molar-refractivity contribution >= 4 is 17.7 Å². The molecule has 0 bridgehead atoms. The number of hydrogen-bond acceptors (Lipinski definition) is 4. The van der Waals surface area contributed by atoms with E-state index in [0.29, 0.717) is 0 Å². The molecule has 3 N–H and O–H groups in total. The minimum absolute atomic E-state index is 0.0856. The molecule has 0 unspecified atom stereocenters. The van der Waals surface area contributed by atoms with Crippen LogP contribution in [-0.4, -0.2) is 9.97 Å². The van der Waals surface area contributed by atoms with Gasteiger partial charge in [0.25, 0.3) is 5.56 Å². The van der Waals surface area contributed by atoms with Gasteiger partial charge in [0, 0.05) is 17.1 Å². The lowest BCUT2D eigenvalue weighted by Gasteiger charge is -1.96. The Kier molecular flexibility index (Phi) is 1.38. The second-order valence-electron chi connectivity index (χ2n) is 2.37. The van der Waals surface area contributed by atoms with E-state index in [-0.39, 0.29) is 11.5 Å². The molecule has 0 saturated carbocycles. The van der Waals surface area contributed by atoms with E-state index in [9.17, 15) is 4.79 Å². The summed E-state index contributed by atoms with van der Waals surface area (Å²) in [4.78, 5) is 17.6. The Morgan fingerprint density at radius 1 is 1.55 bits per heavy atom. The molecule has 5 heteroatoms. The van der Waals surface area contributed by atoms with Crippen LogP contribution in [-0.2, 0) is 11.5 Å². The van der Waals surface area contributed by atoms with Crippen LogP contribution < -0.4 is 11.3 Å². The minimum Gasteiger partial charge on any atom is -0.369 e. The zero-order valence-electron chi connectivity index (χ0n) is 5.76. The van der Waals surface area contributed by atoms with Crippen molar-refractivity contribution in [1.82, 2.24) is 9.97 Å². The third kappa shape index (κ3) is 1.01. The summed E-state index contributed by atoms with van der Waals surface area (Å²) >= 11 is 1.69. The summed E-state index contributed by atoms with van der Waals surface area (Å²) in [5.41, 5.74) is 6.90. The third-order valence-electron chi connectivity index (χ3n) is 1.60. The zero-order chi connectivity index (χ0) is 7.84. The molecule has 0 aliphatic carbocycles. The van der Waals surface area contributed by atoms with E-state index in [4.69, 9.17) is 5.73 Å². The normalized spacial score (nSPS) is 14.9. The smallest absolute Gasteiger partial charge is 0.256 e. The molecule has 0 saturated heterocycles. The fourth-order valence-corrected chi connectivity index (χ4v) is 2.12. The molecule has 4 nitrogen and oxygen atoms in total. The Balaban J connectivity index is 2.70. The van der Waals surface area contributed by atoms with Gasteiger partial charge in [-0.05, 0) is 0 Å². The van der Waals surface area contributed by atoms with Gasteiger partial charge in [-0.15, -0.1) is 0 Å². The van der Waals surface area contributed by atoms with Gasteiger partial charge in [-0.1, -0.05) is 0 Å². The van der Waals surface area contributed by atoms with Crippen LogP contribution >= 0.6 is 11.8 Å². The summed E-state index contributed by atoms with van der Waals surface area (Å²) < 4.78 is 0. The van der Waals surface area contributed by atoms with E-state index < -0.39 is 0 Å². The molecule has 0 fully saturated rings. The van der Waals surface area contributed by atoms with Crippen LogP contribution in [0.1, 0.15) is 11.3 Å². The van der Waals surface area contributed by atoms with E-state index in [2.05, 4.69) is 9.97 Å². The highest BCUT2D eigenvalue weighted by molar-refractivity contribution is 7.98. The summed E-state index contributed by atoms with van der Waals surface area (Å²) in [5, 5.41) is 0. The number of nitrogens with one attached hydrogen (secondary N) is 1. The summed E-state index contributed by atoms with van der Waals surface area (Å²) in [6.45, 7) is 0. The quantitative estimate of drug-likeness (QED) is 0.577. The first-order valence-electron chi connectivity index (χ1n) is 3.22. The molecule has 0 spiro atoms. The predicted octanol–water partition coefficient (Wildman–Crippen LogP) is 0.0989. The highest BCUT2D eigenvalue weighted by atomic mass is 32.2. The fourth-order valence-electron chi connectivity index (χ4n) is 1.08. The lowest BCUT2D eigenvalue weighted by Crippen LogP contribution is -2.16. The standard InChI is InChI=1S/C6H7N3OS/c7-6-8-4-2-11-1-3(4)5(10)9-6/h1-2H2,(H3,7,8,9,10). The molecule has 1 aromatic heterocycles. The first-order valence-corrected chi connectivity index (χ1v) is 4.38. The maximum atomic E-state index is 11.1. The van der Waals surface area contributed by atoms with Crippen LogP contribution in [0.2, 0.25) is 0 Å². The Hall–Kier alpha value is -0.970. The van der Waals surface area contributed by atoms with Crippen LogP contribution in [0.15, 0.2) is 4.79 Å². The van der Waals surface area contributed by atoms with Gasteiger partial charge in [0.2, 0.25) is 5.95 Å². The molecule has 1 aliphatic rings. The lowest BCUT2D eigenvalue weighted by atomic mass is 10.3. The number of thioether (sulfide) groups is 1. The number of aromatic amines is 1. The van der Waals surface area contributed by atoms with Crippen molar-refractivity contribution in [3.63, 3.8) is 0 Å². The molecule has 2 heterocycles. The molecule has 11 heavy (non-hydrogen) atoms. The van der Waals surface area contributed by atoms with E-state index in [1.54, 1.807) is 11.8 Å². The summed E-state index contributed by atoms with van der Waals surface area (Å²) in [6.07, 6.45) is 0. The van der Waals surface area contributed by atoms with Crippen molar-refractivity contribution in [1.29, 1.82) is 0 Å². The topological polar surface area (TPSA) is 71.8 Å². The van der Waals surface area contributed by atoms with Crippen LogP contribution in [0.3, 0.4) is 0 Å². The monoisotopic (exact) mass is 169 g/mol. The Labute approximate surface area is 67.2 Å². The maximum absolute atomic E-state index is 11.1. The molecule has 0 amide bonds. The average molecular weight is 169 g/mol. The number of hydrogen-bond donors (Lipinski definition) is 2. The van der Waals surface area contributed by atoms with Crippen molar-refractivity contribution in [3.8, 4) is 0 Å². The van der Waals surface area contributed by atoms with Crippen LogP contribution in [0.25, 0.3) is 0 Å². The van der Waals surface area contributed by atoms with Crippen molar-refractivity contribution in [2.45, 2.75) is 11.5 Å². The molecule has 0 atom stereocenters. The second kappa shape index (κ2) is 2.27. The number of nitrogen functional groups attached to an aromatic ring is 1. The number of H-pyrrole nitrogens is 1. The van der Waals surface area contributed by atoms with Gasteiger partial charge in [0.05, 0.1) is 5.69 Å². The first-order chi connectivity index (χ1) is 5.27. The summed E-state index contributed by atoms with van der Waals surface area (Å²) in [7, 11) is 0. The first kappa shape index (κ1) is 6.72. The number of anilines is 1. The average Bonchev–Trinajstić information content (AvgIpc) is 2.34. The van der Waals surface area contributed by atoms with Crippen molar-refractivity contribution in [2.24, 2.45) is 0 Å². The molecule has 0 aromatic carbocycles. The lowest BCUT2D eigenvalue weighted by molar-refractivity contribution is 1.04. The number of nitrogens with zero attached hydrogens (tertiary/aromatic N) is 1. The van der Waals surface area contributed by atoms with Gasteiger partial charge in [0.1, 0.15) is 0 Å². The van der Waals surface area contributed by atoms with Crippen LogP contribution in [0.4, 0.5) is 5.95 Å². The van der Waals surface area contributed by atoms with Gasteiger partial charge in [-0.3, -0.25) is 9.78 Å². The highest BCUT2D eigenvalue weighted by Gasteiger charge is 2.16. The van der Waals surface area contributed by atoms with Crippen molar-refractivity contribution in [3.05, 3.63) is 21.6 Å². The number of rotatable bonds is 0. The van der Waals surface area contributed by atoms with Gasteiger partial charge in [-0.25, -0.2) is 4.98 Å². The zero-order valence-corrected chi connectivity index (χ0v) is 6.57. The van der Waals surface area contributed by atoms with Crippen molar-refractivity contribution < 1.29 is 0 Å². The number of fused-ring (bicyclic) bond motifs is 1. The van der Waals surface area contributed by atoms with Crippen molar-refractivity contribution in [2.75, 3.05) is 5.73 Å². The number of aromatic nitrogens is 2. The van der Waals surface area contributed by atoms with E-state index in [1.807, 2.05) is 0 Å². The van der Waals surface area contributed by atoms with Gasteiger partial charge in [-0.2, -0.15) is 11.8 Å². The molecule has 2 rings (SSSR count). The molecule has 58 valence electrons. The molecular formula is C6H7N3OS. The van der Waals surface area contributed by atoms with Crippen LogP contribution in [0, 0.1) is 0 Å². The summed E-state index contributed by atoms with van der Waals surface area (Å²) in [6, 6.07) is 0. The van der Waals surface area contributed by atoms with Crippen LogP contribution in [0.5, 0.6) is 0 Å². The Morgan fingerprint density at radius 3 is 3.18 bits per heavy atom. The van der Waals surface area contributed by atoms with E-state index >= 15 is 0 Å².